The second kappa shape index (κ2) is 5.09. The fourth-order valence-electron chi connectivity index (χ4n) is 3.33. The highest BCUT2D eigenvalue weighted by atomic mass is 32.2. The number of hydrogen-bond acceptors (Lipinski definition) is 2. The van der Waals surface area contributed by atoms with E-state index in [4.69, 9.17) is 0 Å². The summed E-state index contributed by atoms with van der Waals surface area (Å²) in [6, 6.07) is 1.18. The molecule has 0 aromatic rings. The molecule has 2 saturated heterocycles. The van der Waals surface area contributed by atoms with E-state index in [1.54, 1.807) is 0 Å². The van der Waals surface area contributed by atoms with Gasteiger partial charge in [0, 0.05) is 29.6 Å². The van der Waals surface area contributed by atoms with E-state index in [0.29, 0.717) is 12.1 Å². The third-order valence-electron chi connectivity index (χ3n) is 4.34. The molecule has 0 aromatic carbocycles. The summed E-state index contributed by atoms with van der Waals surface area (Å²) in [5.74, 6) is 1.16. The topological polar surface area (TPSA) is 32.3 Å². The lowest BCUT2D eigenvalue weighted by Crippen LogP contribution is -2.48. The molecular weight excluding hydrogens is 232 g/mol. The first-order valence-corrected chi connectivity index (χ1v) is 8.06. The van der Waals surface area contributed by atoms with Crippen LogP contribution in [0.2, 0.25) is 0 Å². The Kier molecular flexibility index (Phi) is 3.50. The fraction of sp³-hybridized carbons (Fsp3) is 0.923. The van der Waals surface area contributed by atoms with Gasteiger partial charge in [-0.05, 0) is 19.3 Å². The summed E-state index contributed by atoms with van der Waals surface area (Å²) in [4.78, 5) is 14.3. The van der Waals surface area contributed by atoms with E-state index in [1.807, 2.05) is 11.8 Å². The number of hydrogen-bond donors (Lipinski definition) is 1. The first-order valence-electron chi connectivity index (χ1n) is 7.01. The molecule has 2 aliphatic heterocycles. The maximum atomic E-state index is 12.2. The summed E-state index contributed by atoms with van der Waals surface area (Å²) in [6.45, 7) is 0.980. The number of carbonyl (C=O) groups excluding carboxylic acids is 1. The Morgan fingerprint density at radius 2 is 1.94 bits per heavy atom. The second-order valence-corrected chi connectivity index (χ2v) is 6.97. The number of likely N-dealkylation sites (tertiary alicyclic amines) is 1. The Morgan fingerprint density at radius 1 is 1.18 bits per heavy atom. The van der Waals surface area contributed by atoms with Crippen LogP contribution in [0.1, 0.15) is 44.9 Å². The molecule has 3 aliphatic rings. The van der Waals surface area contributed by atoms with Gasteiger partial charge in [0.25, 0.3) is 0 Å². The van der Waals surface area contributed by atoms with Gasteiger partial charge >= 0.3 is 6.03 Å². The summed E-state index contributed by atoms with van der Waals surface area (Å²) in [7, 11) is 0. The summed E-state index contributed by atoms with van der Waals surface area (Å²) < 4.78 is 0. The third-order valence-corrected chi connectivity index (χ3v) is 5.73. The molecule has 3 rings (SSSR count). The smallest absolute Gasteiger partial charge is 0.317 e. The predicted molar refractivity (Wildman–Crippen MR) is 71.4 cm³/mol. The van der Waals surface area contributed by atoms with Crippen LogP contribution in [0.4, 0.5) is 4.79 Å². The minimum absolute atomic E-state index is 0.213. The average molecular weight is 254 g/mol. The van der Waals surface area contributed by atoms with Crippen molar-refractivity contribution in [1.82, 2.24) is 10.2 Å². The van der Waals surface area contributed by atoms with E-state index in [-0.39, 0.29) is 6.03 Å². The standard InChI is InChI=1S/C13H22N2OS/c16-13(14-10-5-3-1-2-4-6-10)15-8-12-7-11(15)9-17-12/h10-12H,1-9H2,(H,14,16). The third kappa shape index (κ3) is 2.56. The summed E-state index contributed by atoms with van der Waals surface area (Å²) in [5.41, 5.74) is 0. The molecule has 3 fully saturated rings. The lowest BCUT2D eigenvalue weighted by Gasteiger charge is -2.29. The quantitative estimate of drug-likeness (QED) is 0.730. The maximum Gasteiger partial charge on any atom is 0.317 e. The molecule has 2 atom stereocenters. The largest absolute Gasteiger partial charge is 0.335 e. The highest BCUT2D eigenvalue weighted by Gasteiger charge is 2.41. The number of carbonyl (C=O) groups is 1. The molecule has 0 aromatic heterocycles. The van der Waals surface area contributed by atoms with Crippen molar-refractivity contribution in [3.8, 4) is 0 Å². The van der Waals surface area contributed by atoms with Crippen molar-refractivity contribution in [3.05, 3.63) is 0 Å². The Balaban J connectivity index is 1.52. The zero-order valence-electron chi connectivity index (χ0n) is 10.4. The van der Waals surface area contributed by atoms with E-state index >= 15 is 0 Å². The first kappa shape index (κ1) is 11.7. The lowest BCUT2D eigenvalue weighted by molar-refractivity contribution is 0.190. The molecule has 2 unspecified atom stereocenters. The van der Waals surface area contributed by atoms with E-state index in [0.717, 1.165) is 17.5 Å². The van der Waals surface area contributed by atoms with E-state index in [9.17, 15) is 4.79 Å². The van der Waals surface area contributed by atoms with E-state index in [2.05, 4.69) is 10.2 Å². The highest BCUT2D eigenvalue weighted by Crippen LogP contribution is 2.37. The van der Waals surface area contributed by atoms with Crippen LogP contribution in [-0.2, 0) is 0 Å². The summed E-state index contributed by atoms with van der Waals surface area (Å²) >= 11 is 2.04. The molecule has 2 heterocycles. The SMILES string of the molecule is O=C(NC1CCCCCC1)N1CC2CC1CS2. The van der Waals surface area contributed by atoms with Crippen LogP contribution < -0.4 is 5.32 Å². The zero-order valence-corrected chi connectivity index (χ0v) is 11.2. The first-order chi connectivity index (χ1) is 8.33. The molecule has 0 spiro atoms. The van der Waals surface area contributed by atoms with Crippen LogP contribution in [0.3, 0.4) is 0 Å². The van der Waals surface area contributed by atoms with Crippen LogP contribution in [0, 0.1) is 0 Å². The molecule has 17 heavy (non-hydrogen) atoms. The lowest BCUT2D eigenvalue weighted by atomic mass is 10.1. The van der Waals surface area contributed by atoms with Crippen molar-refractivity contribution in [1.29, 1.82) is 0 Å². The van der Waals surface area contributed by atoms with Crippen molar-refractivity contribution >= 4 is 17.8 Å². The predicted octanol–water partition coefficient (Wildman–Crippen LogP) is 2.61. The fourth-order valence-corrected chi connectivity index (χ4v) is 4.76. The van der Waals surface area contributed by atoms with Crippen molar-refractivity contribution in [2.75, 3.05) is 12.3 Å². The second-order valence-electron chi connectivity index (χ2n) is 5.64. The number of urea groups is 1. The van der Waals surface area contributed by atoms with Crippen molar-refractivity contribution in [2.24, 2.45) is 0 Å². The van der Waals surface area contributed by atoms with Gasteiger partial charge in [0.1, 0.15) is 0 Å². The summed E-state index contributed by atoms with van der Waals surface area (Å²) in [5, 5.41) is 3.99. The maximum absolute atomic E-state index is 12.2. The number of rotatable bonds is 1. The molecule has 96 valence electrons. The monoisotopic (exact) mass is 254 g/mol. The number of thioether (sulfide) groups is 1. The van der Waals surface area contributed by atoms with Crippen LogP contribution in [0.5, 0.6) is 0 Å². The average Bonchev–Trinajstić information content (AvgIpc) is 2.87. The molecule has 3 nitrogen and oxygen atoms in total. The minimum Gasteiger partial charge on any atom is -0.335 e. The van der Waals surface area contributed by atoms with E-state index in [1.165, 1.54) is 44.9 Å². The van der Waals surface area contributed by atoms with Gasteiger partial charge in [0.15, 0.2) is 0 Å². The molecule has 1 N–H and O–H groups in total. The number of fused-ring (bicyclic) bond motifs is 2. The van der Waals surface area contributed by atoms with Gasteiger partial charge in [-0.2, -0.15) is 11.8 Å². The number of nitrogens with zero attached hydrogens (tertiary/aromatic N) is 1. The Hall–Kier alpha value is -0.380. The molecular formula is C13H22N2OS. The van der Waals surface area contributed by atoms with Gasteiger partial charge in [-0.25, -0.2) is 4.79 Å². The van der Waals surface area contributed by atoms with Gasteiger partial charge in [0.05, 0.1) is 0 Å². The normalized spacial score (nSPS) is 33.8. The van der Waals surface area contributed by atoms with Crippen molar-refractivity contribution in [2.45, 2.75) is 62.3 Å². The summed E-state index contributed by atoms with van der Waals surface area (Å²) in [6.07, 6.45) is 8.85. The highest BCUT2D eigenvalue weighted by molar-refractivity contribution is 8.00. The van der Waals surface area contributed by atoms with Crippen molar-refractivity contribution in [3.63, 3.8) is 0 Å². The van der Waals surface area contributed by atoms with Crippen LogP contribution >= 0.6 is 11.8 Å². The molecule has 1 aliphatic carbocycles. The minimum atomic E-state index is 0.213. The van der Waals surface area contributed by atoms with Crippen LogP contribution in [-0.4, -0.2) is 40.6 Å². The van der Waals surface area contributed by atoms with E-state index < -0.39 is 0 Å². The van der Waals surface area contributed by atoms with Crippen LogP contribution in [0.15, 0.2) is 0 Å². The molecule has 2 amide bonds. The molecule has 4 heteroatoms. The van der Waals surface area contributed by atoms with Gasteiger partial charge in [-0.15, -0.1) is 0 Å². The van der Waals surface area contributed by atoms with Gasteiger partial charge in [0.2, 0.25) is 0 Å². The molecule has 1 saturated carbocycles. The molecule has 0 radical (unpaired) electrons. The zero-order chi connectivity index (χ0) is 11.7. The number of nitrogens with one attached hydrogen (secondary N) is 1. The number of amides is 2. The molecule has 2 bridgehead atoms. The van der Waals surface area contributed by atoms with Gasteiger partial charge in [-0.3, -0.25) is 0 Å². The van der Waals surface area contributed by atoms with Crippen molar-refractivity contribution < 1.29 is 4.79 Å². The van der Waals surface area contributed by atoms with Crippen LogP contribution in [0.25, 0.3) is 0 Å². The Bertz CT molecular complexity index is 289. The van der Waals surface area contributed by atoms with Gasteiger partial charge in [-0.1, -0.05) is 25.7 Å². The Labute approximate surface area is 108 Å². The Morgan fingerprint density at radius 3 is 2.53 bits per heavy atom. The van der Waals surface area contributed by atoms with Gasteiger partial charge < -0.3 is 10.2 Å².